The van der Waals surface area contributed by atoms with Crippen LogP contribution in [0.15, 0.2) is 48.5 Å². The van der Waals surface area contributed by atoms with Gasteiger partial charge in [0.25, 0.3) is 5.69 Å². The average molecular weight is 310 g/mol. The molecule has 0 spiro atoms. The van der Waals surface area contributed by atoms with E-state index in [0.29, 0.717) is 16.1 Å². The van der Waals surface area contributed by atoms with E-state index in [4.69, 9.17) is 23.2 Å². The highest BCUT2D eigenvalue weighted by Gasteiger charge is 2.20. The third-order valence-corrected chi connectivity index (χ3v) is 3.46. The summed E-state index contributed by atoms with van der Waals surface area (Å²) >= 11 is 11.9. The number of nitro benzene ring substituents is 1. The number of carbonyl (C=O) groups is 1. The molecule has 0 aromatic heterocycles. The van der Waals surface area contributed by atoms with Crippen LogP contribution in [-0.2, 0) is 0 Å². The van der Waals surface area contributed by atoms with Crippen molar-refractivity contribution < 1.29 is 9.72 Å². The van der Waals surface area contributed by atoms with Crippen LogP contribution in [0.5, 0.6) is 0 Å². The van der Waals surface area contributed by atoms with Gasteiger partial charge in [0.1, 0.15) is 5.38 Å². The van der Waals surface area contributed by atoms with Crippen molar-refractivity contribution in [3.8, 4) is 0 Å². The van der Waals surface area contributed by atoms with Gasteiger partial charge in [-0.2, -0.15) is 0 Å². The van der Waals surface area contributed by atoms with E-state index in [1.54, 1.807) is 24.3 Å². The molecule has 0 bridgehead atoms. The predicted octanol–water partition coefficient (Wildman–Crippen LogP) is 4.41. The van der Waals surface area contributed by atoms with Gasteiger partial charge >= 0.3 is 0 Å². The topological polar surface area (TPSA) is 60.2 Å². The number of Topliss-reactive ketones (excluding diaryl/α,β-unsaturated/α-hetero) is 1. The molecule has 4 nitrogen and oxygen atoms in total. The molecule has 0 fully saturated rings. The summed E-state index contributed by atoms with van der Waals surface area (Å²) in [6, 6.07) is 12.0. The van der Waals surface area contributed by atoms with Gasteiger partial charge in [0.2, 0.25) is 0 Å². The maximum atomic E-state index is 12.2. The van der Waals surface area contributed by atoms with E-state index in [1.807, 2.05) is 0 Å². The predicted molar refractivity (Wildman–Crippen MR) is 77.5 cm³/mol. The Labute approximate surface area is 125 Å². The lowest BCUT2D eigenvalue weighted by Crippen LogP contribution is -2.07. The summed E-state index contributed by atoms with van der Waals surface area (Å²) in [6.45, 7) is 0. The number of halogens is 2. The van der Waals surface area contributed by atoms with Crippen LogP contribution in [0.25, 0.3) is 0 Å². The van der Waals surface area contributed by atoms with Gasteiger partial charge in [-0.1, -0.05) is 23.7 Å². The summed E-state index contributed by atoms with van der Waals surface area (Å²) in [5, 5.41) is 10.2. The van der Waals surface area contributed by atoms with Gasteiger partial charge in [-0.05, 0) is 29.8 Å². The maximum Gasteiger partial charge on any atom is 0.269 e. The van der Waals surface area contributed by atoms with Crippen LogP contribution in [0.1, 0.15) is 21.3 Å². The zero-order chi connectivity index (χ0) is 14.7. The zero-order valence-electron chi connectivity index (χ0n) is 10.1. The summed E-state index contributed by atoms with van der Waals surface area (Å²) in [5.74, 6) is -0.280. The lowest BCUT2D eigenvalue weighted by Gasteiger charge is -2.09. The Morgan fingerprint density at radius 2 is 1.60 bits per heavy atom. The smallest absolute Gasteiger partial charge is 0.269 e. The Kier molecular flexibility index (Phi) is 4.37. The van der Waals surface area contributed by atoms with Crippen molar-refractivity contribution >= 4 is 34.7 Å². The van der Waals surface area contributed by atoms with Gasteiger partial charge in [-0.15, -0.1) is 11.6 Å². The van der Waals surface area contributed by atoms with Crippen molar-refractivity contribution in [1.29, 1.82) is 0 Å². The molecule has 0 N–H and O–H groups in total. The first-order valence-electron chi connectivity index (χ1n) is 5.67. The molecule has 0 saturated carbocycles. The van der Waals surface area contributed by atoms with E-state index in [2.05, 4.69) is 0 Å². The third kappa shape index (κ3) is 3.15. The zero-order valence-corrected chi connectivity index (χ0v) is 11.6. The number of nitrogens with zero attached hydrogens (tertiary/aromatic N) is 1. The SMILES string of the molecule is O=C(c1ccc(Cl)cc1)C(Cl)c1ccc([N+](=O)[O-])cc1. The molecular formula is C14H9Cl2NO3. The maximum absolute atomic E-state index is 12.2. The van der Waals surface area contributed by atoms with Crippen molar-refractivity contribution in [2.45, 2.75) is 5.38 Å². The number of alkyl halides is 1. The van der Waals surface area contributed by atoms with Crippen molar-refractivity contribution in [3.63, 3.8) is 0 Å². The Morgan fingerprint density at radius 1 is 1.05 bits per heavy atom. The monoisotopic (exact) mass is 309 g/mol. The second-order valence-electron chi connectivity index (χ2n) is 4.08. The van der Waals surface area contributed by atoms with Gasteiger partial charge in [-0.25, -0.2) is 0 Å². The Morgan fingerprint density at radius 3 is 2.10 bits per heavy atom. The molecule has 6 heteroatoms. The Hall–Kier alpha value is -1.91. The number of carbonyl (C=O) groups excluding carboxylic acids is 1. The van der Waals surface area contributed by atoms with Crippen LogP contribution >= 0.6 is 23.2 Å². The largest absolute Gasteiger partial charge is 0.292 e. The third-order valence-electron chi connectivity index (χ3n) is 2.76. The fraction of sp³-hybridized carbons (Fsp3) is 0.0714. The Bertz CT molecular complexity index is 638. The molecule has 2 rings (SSSR count). The summed E-state index contributed by atoms with van der Waals surface area (Å²) in [7, 11) is 0. The number of benzene rings is 2. The molecule has 1 unspecified atom stereocenters. The van der Waals surface area contributed by atoms with Crippen LogP contribution in [-0.4, -0.2) is 10.7 Å². The number of nitro groups is 1. The average Bonchev–Trinajstić information content (AvgIpc) is 2.46. The van der Waals surface area contributed by atoms with Crippen LogP contribution in [0, 0.1) is 10.1 Å². The lowest BCUT2D eigenvalue weighted by molar-refractivity contribution is -0.384. The van der Waals surface area contributed by atoms with Gasteiger partial charge in [0, 0.05) is 22.7 Å². The van der Waals surface area contributed by atoms with E-state index < -0.39 is 10.3 Å². The van der Waals surface area contributed by atoms with Crippen molar-refractivity contribution in [2.75, 3.05) is 0 Å². The van der Waals surface area contributed by atoms with E-state index in [-0.39, 0.29) is 11.5 Å². The molecule has 0 radical (unpaired) electrons. The van der Waals surface area contributed by atoms with Gasteiger partial charge < -0.3 is 0 Å². The molecule has 0 aliphatic carbocycles. The molecule has 20 heavy (non-hydrogen) atoms. The first-order chi connectivity index (χ1) is 9.49. The summed E-state index contributed by atoms with van der Waals surface area (Å²) in [5.41, 5.74) is 0.904. The molecule has 0 aliphatic rings. The summed E-state index contributed by atoms with van der Waals surface area (Å²) < 4.78 is 0. The molecule has 102 valence electrons. The highest BCUT2D eigenvalue weighted by Crippen LogP contribution is 2.27. The molecule has 0 saturated heterocycles. The van der Waals surface area contributed by atoms with Crippen LogP contribution in [0.3, 0.4) is 0 Å². The van der Waals surface area contributed by atoms with E-state index in [1.165, 1.54) is 24.3 Å². The van der Waals surface area contributed by atoms with Gasteiger partial charge in [0.05, 0.1) is 4.92 Å². The quantitative estimate of drug-likeness (QED) is 0.364. The van der Waals surface area contributed by atoms with Crippen LogP contribution in [0.2, 0.25) is 5.02 Å². The minimum Gasteiger partial charge on any atom is -0.292 e. The van der Waals surface area contributed by atoms with Crippen LogP contribution < -0.4 is 0 Å². The summed E-state index contributed by atoms with van der Waals surface area (Å²) in [6.07, 6.45) is 0. The second kappa shape index (κ2) is 6.03. The van der Waals surface area contributed by atoms with E-state index in [9.17, 15) is 14.9 Å². The number of ketones is 1. The Balaban J connectivity index is 2.22. The standard InChI is InChI=1S/C14H9Cl2NO3/c15-11-5-1-10(2-6-11)14(18)13(16)9-3-7-12(8-4-9)17(19)20/h1-8,13H. The molecule has 0 aliphatic heterocycles. The van der Waals surface area contributed by atoms with Crippen molar-refractivity contribution in [2.24, 2.45) is 0 Å². The molecule has 0 amide bonds. The fourth-order valence-electron chi connectivity index (χ4n) is 1.68. The molecule has 2 aromatic rings. The minimum absolute atomic E-state index is 0.0449. The van der Waals surface area contributed by atoms with Crippen molar-refractivity contribution in [3.05, 3.63) is 74.8 Å². The normalized spacial score (nSPS) is 11.9. The highest BCUT2D eigenvalue weighted by molar-refractivity contribution is 6.34. The molecule has 1 atom stereocenters. The van der Waals surface area contributed by atoms with E-state index in [0.717, 1.165) is 0 Å². The number of rotatable bonds is 4. The fourth-order valence-corrected chi connectivity index (χ4v) is 2.07. The number of non-ortho nitro benzene ring substituents is 1. The van der Waals surface area contributed by atoms with Gasteiger partial charge in [-0.3, -0.25) is 14.9 Å². The highest BCUT2D eigenvalue weighted by atomic mass is 35.5. The van der Waals surface area contributed by atoms with Crippen LogP contribution in [0.4, 0.5) is 5.69 Å². The van der Waals surface area contributed by atoms with Crippen molar-refractivity contribution in [1.82, 2.24) is 0 Å². The minimum atomic E-state index is -0.892. The number of hydrogen-bond acceptors (Lipinski definition) is 3. The second-order valence-corrected chi connectivity index (χ2v) is 4.96. The lowest BCUT2D eigenvalue weighted by atomic mass is 10.0. The van der Waals surface area contributed by atoms with E-state index >= 15 is 0 Å². The molecular weight excluding hydrogens is 301 g/mol. The number of hydrogen-bond donors (Lipinski definition) is 0. The first kappa shape index (κ1) is 14.5. The first-order valence-corrected chi connectivity index (χ1v) is 6.48. The molecule has 0 heterocycles. The summed E-state index contributed by atoms with van der Waals surface area (Å²) in [4.78, 5) is 22.2. The molecule has 2 aromatic carbocycles. The van der Waals surface area contributed by atoms with Gasteiger partial charge in [0.15, 0.2) is 5.78 Å².